The number of hydrogen-bond acceptors (Lipinski definition) is 7. The highest BCUT2D eigenvalue weighted by atomic mass is 32.2. The number of nitrogens with zero attached hydrogens (tertiary/aromatic N) is 6. The lowest BCUT2D eigenvalue weighted by atomic mass is 9.98. The summed E-state index contributed by atoms with van der Waals surface area (Å²) in [6.45, 7) is 1.65. The summed E-state index contributed by atoms with van der Waals surface area (Å²) >= 11 is 1.41. The number of fused-ring (bicyclic) bond motifs is 3. The first-order valence-electron chi connectivity index (χ1n) is 10.4. The first kappa shape index (κ1) is 21.1. The van der Waals surface area contributed by atoms with Crippen LogP contribution in [0.3, 0.4) is 0 Å². The molecule has 168 valence electrons. The molecule has 0 saturated carbocycles. The topological polar surface area (TPSA) is 113 Å². The first-order valence-corrected chi connectivity index (χ1v) is 11.6. The molecule has 11 heteroatoms. The number of carbonyl (C=O) groups excluding carboxylic acids is 3. The van der Waals surface area contributed by atoms with Crippen molar-refractivity contribution in [1.29, 1.82) is 0 Å². The van der Waals surface area contributed by atoms with Crippen molar-refractivity contribution in [3.8, 4) is 5.69 Å². The van der Waals surface area contributed by atoms with Crippen LogP contribution in [0.4, 0.5) is 11.4 Å². The molecule has 1 fully saturated rings. The molecule has 2 aliphatic heterocycles. The molecular formula is C22H21N7O3S. The van der Waals surface area contributed by atoms with Crippen molar-refractivity contribution in [3.63, 3.8) is 0 Å². The van der Waals surface area contributed by atoms with E-state index in [0.717, 1.165) is 0 Å². The monoisotopic (exact) mass is 463 g/mol. The molecule has 0 aliphatic carbocycles. The maximum absolute atomic E-state index is 13.3. The van der Waals surface area contributed by atoms with Gasteiger partial charge in [-0.15, -0.1) is 5.10 Å². The average Bonchev–Trinajstić information content (AvgIpc) is 3.41. The van der Waals surface area contributed by atoms with Gasteiger partial charge in [0.1, 0.15) is 12.2 Å². The molecule has 1 N–H and O–H groups in total. The second-order valence-electron chi connectivity index (χ2n) is 8.03. The molecule has 0 radical (unpaired) electrons. The Balaban J connectivity index is 1.40. The van der Waals surface area contributed by atoms with E-state index >= 15 is 0 Å². The predicted molar refractivity (Wildman–Crippen MR) is 122 cm³/mol. The third-order valence-corrected chi connectivity index (χ3v) is 6.67. The quantitative estimate of drug-likeness (QED) is 0.578. The van der Waals surface area contributed by atoms with Crippen LogP contribution >= 0.6 is 11.8 Å². The Hall–Kier alpha value is -3.73. The lowest BCUT2D eigenvalue weighted by molar-refractivity contribution is -0.120. The van der Waals surface area contributed by atoms with Gasteiger partial charge in [0.25, 0.3) is 5.91 Å². The Morgan fingerprint density at radius 3 is 2.82 bits per heavy atom. The third-order valence-electron chi connectivity index (χ3n) is 6.05. The molecule has 5 rings (SSSR count). The van der Waals surface area contributed by atoms with Crippen LogP contribution in [0, 0.1) is 0 Å². The molecule has 3 aromatic rings. The van der Waals surface area contributed by atoms with E-state index < -0.39 is 5.66 Å². The lowest BCUT2D eigenvalue weighted by Gasteiger charge is -2.48. The summed E-state index contributed by atoms with van der Waals surface area (Å²) in [7, 11) is 0. The van der Waals surface area contributed by atoms with Gasteiger partial charge in [0.05, 0.1) is 16.9 Å². The average molecular weight is 464 g/mol. The number of thioether (sulfide) groups is 1. The van der Waals surface area contributed by atoms with Crippen molar-refractivity contribution in [3.05, 3.63) is 54.1 Å². The van der Waals surface area contributed by atoms with Gasteiger partial charge in [-0.25, -0.2) is 0 Å². The van der Waals surface area contributed by atoms with Crippen LogP contribution in [0.25, 0.3) is 5.69 Å². The van der Waals surface area contributed by atoms with Crippen LogP contribution in [0.15, 0.2) is 53.7 Å². The van der Waals surface area contributed by atoms with Gasteiger partial charge in [-0.3, -0.25) is 19.3 Å². The van der Waals surface area contributed by atoms with Crippen LogP contribution in [0.2, 0.25) is 0 Å². The molecule has 1 atom stereocenters. The van der Waals surface area contributed by atoms with Crippen molar-refractivity contribution in [2.75, 3.05) is 23.0 Å². The molecule has 0 bridgehead atoms. The zero-order chi connectivity index (χ0) is 23.2. The van der Waals surface area contributed by atoms with Crippen LogP contribution < -0.4 is 10.2 Å². The Labute approximate surface area is 193 Å². The number of nitrogens with one attached hydrogen (secondary N) is 1. The zero-order valence-corrected chi connectivity index (χ0v) is 18.9. The van der Waals surface area contributed by atoms with Gasteiger partial charge in [-0.1, -0.05) is 30.0 Å². The Bertz CT molecular complexity index is 1280. The normalized spacial score (nSPS) is 19.5. The van der Waals surface area contributed by atoms with E-state index in [2.05, 4.69) is 20.8 Å². The second kappa shape index (κ2) is 8.00. The summed E-state index contributed by atoms with van der Waals surface area (Å²) in [5.41, 5.74) is 1.38. The Morgan fingerprint density at radius 1 is 1.18 bits per heavy atom. The molecular weight excluding hydrogens is 442 g/mol. The Morgan fingerprint density at radius 2 is 2.00 bits per heavy atom. The summed E-state index contributed by atoms with van der Waals surface area (Å²) < 4.78 is 1.58. The lowest BCUT2D eigenvalue weighted by Crippen LogP contribution is -2.63. The molecule has 10 nitrogen and oxygen atoms in total. The number of para-hydroxylation sites is 1. The van der Waals surface area contributed by atoms with Crippen LogP contribution in [0.5, 0.6) is 0 Å². The standard InChI is InChI=1S/C22H21N7O3S/c1-22-11-10-19(31)28(22)17-9-4-3-8-16(17)20(32)27(22)13-18(30)23-14-6-5-7-15(12-14)29-21(33-2)24-25-26-29/h3-9,12H,10-11,13H2,1-2H3,(H,23,30). The number of amides is 3. The summed E-state index contributed by atoms with van der Waals surface area (Å²) in [6.07, 6.45) is 2.66. The van der Waals surface area contributed by atoms with E-state index in [0.29, 0.717) is 40.6 Å². The minimum absolute atomic E-state index is 0.0541. The van der Waals surface area contributed by atoms with Gasteiger partial charge >= 0.3 is 0 Å². The molecule has 1 unspecified atom stereocenters. The number of anilines is 2. The number of hydrogen-bond donors (Lipinski definition) is 1. The minimum Gasteiger partial charge on any atom is -0.324 e. The van der Waals surface area contributed by atoms with Crippen molar-refractivity contribution in [2.24, 2.45) is 0 Å². The van der Waals surface area contributed by atoms with E-state index in [1.807, 2.05) is 19.2 Å². The van der Waals surface area contributed by atoms with Gasteiger partial charge in [0.15, 0.2) is 0 Å². The maximum Gasteiger partial charge on any atom is 0.258 e. The van der Waals surface area contributed by atoms with Crippen molar-refractivity contribution < 1.29 is 14.4 Å². The summed E-state index contributed by atoms with van der Waals surface area (Å²) in [4.78, 5) is 42.2. The Kier molecular flexibility index (Phi) is 5.12. The molecule has 3 heterocycles. The van der Waals surface area contributed by atoms with Gasteiger partial charge < -0.3 is 10.2 Å². The molecule has 3 amide bonds. The fourth-order valence-electron chi connectivity index (χ4n) is 4.47. The van der Waals surface area contributed by atoms with E-state index in [-0.39, 0.29) is 24.3 Å². The predicted octanol–water partition coefficient (Wildman–Crippen LogP) is 2.32. The zero-order valence-electron chi connectivity index (χ0n) is 18.1. The number of aromatic nitrogens is 4. The highest BCUT2D eigenvalue weighted by molar-refractivity contribution is 7.98. The van der Waals surface area contributed by atoms with Crippen molar-refractivity contribution in [2.45, 2.75) is 30.6 Å². The van der Waals surface area contributed by atoms with Crippen molar-refractivity contribution >= 4 is 40.9 Å². The number of benzene rings is 2. The van der Waals surface area contributed by atoms with Crippen LogP contribution in [-0.4, -0.2) is 61.3 Å². The molecule has 33 heavy (non-hydrogen) atoms. The van der Waals surface area contributed by atoms with E-state index in [1.54, 1.807) is 52.0 Å². The fraction of sp³-hybridized carbons (Fsp3) is 0.273. The summed E-state index contributed by atoms with van der Waals surface area (Å²) in [5.74, 6) is -0.676. The van der Waals surface area contributed by atoms with Gasteiger partial charge in [-0.05, 0) is 60.4 Å². The smallest absolute Gasteiger partial charge is 0.258 e. The second-order valence-corrected chi connectivity index (χ2v) is 8.80. The summed E-state index contributed by atoms with van der Waals surface area (Å²) in [6, 6.07) is 14.2. The third kappa shape index (κ3) is 3.44. The van der Waals surface area contributed by atoms with Gasteiger partial charge in [-0.2, -0.15) is 4.68 Å². The first-order chi connectivity index (χ1) is 15.9. The minimum atomic E-state index is -0.888. The highest BCUT2D eigenvalue weighted by Crippen LogP contribution is 2.43. The van der Waals surface area contributed by atoms with Gasteiger partial charge in [0, 0.05) is 12.1 Å². The number of tetrazole rings is 1. The van der Waals surface area contributed by atoms with Crippen LogP contribution in [0.1, 0.15) is 30.1 Å². The number of carbonyl (C=O) groups is 3. The molecule has 2 aromatic carbocycles. The SMILES string of the molecule is CSc1nnnn1-c1cccc(NC(=O)CN2C(=O)c3ccccc3N3C(=O)CCC23C)c1. The number of rotatable bonds is 5. The molecule has 1 aromatic heterocycles. The molecule has 1 saturated heterocycles. The molecule has 0 spiro atoms. The molecule has 2 aliphatic rings. The highest BCUT2D eigenvalue weighted by Gasteiger charge is 2.53. The summed E-state index contributed by atoms with van der Waals surface area (Å²) in [5, 5.41) is 15.1. The maximum atomic E-state index is 13.3. The van der Waals surface area contributed by atoms with Crippen molar-refractivity contribution in [1.82, 2.24) is 25.1 Å². The van der Waals surface area contributed by atoms with Gasteiger partial charge in [0.2, 0.25) is 17.0 Å². The van der Waals surface area contributed by atoms with E-state index in [9.17, 15) is 14.4 Å². The largest absolute Gasteiger partial charge is 0.324 e. The van der Waals surface area contributed by atoms with Crippen LogP contribution in [-0.2, 0) is 9.59 Å². The van der Waals surface area contributed by atoms with E-state index in [4.69, 9.17) is 0 Å². The van der Waals surface area contributed by atoms with E-state index in [1.165, 1.54) is 16.7 Å². The fourth-order valence-corrected chi connectivity index (χ4v) is 4.90.